The average Bonchev–Trinajstić information content (AvgIpc) is 2.32. The number of hydrogen-bond donors (Lipinski definition) is 1. The molecule has 0 unspecified atom stereocenters. The third kappa shape index (κ3) is 3.71. The van der Waals surface area contributed by atoms with Gasteiger partial charge in [0.15, 0.2) is 0 Å². The fourth-order valence-electron chi connectivity index (χ4n) is 1.85. The Morgan fingerprint density at radius 2 is 1.30 bits per heavy atom. The van der Waals surface area contributed by atoms with E-state index in [9.17, 15) is 19.5 Å². The second-order valence-corrected chi connectivity index (χ2v) is 5.73. The number of rotatable bonds is 2. The summed E-state index contributed by atoms with van der Waals surface area (Å²) in [6.45, 7) is 5.77. The van der Waals surface area contributed by atoms with Crippen LogP contribution in [0.1, 0.15) is 27.7 Å². The number of aliphatic hydroxyl groups is 1. The van der Waals surface area contributed by atoms with Gasteiger partial charge in [0.05, 0.1) is 0 Å². The minimum atomic E-state index is -1.33. The van der Waals surface area contributed by atoms with Crippen molar-refractivity contribution < 1.29 is 38.4 Å². The van der Waals surface area contributed by atoms with Crippen molar-refractivity contribution in [2.24, 2.45) is 0 Å². The molecule has 0 aromatic heterocycles. The molecular weight excluding hydrogens is 308 g/mol. The maximum Gasteiger partial charge on any atom is 0.348 e. The predicted molar refractivity (Wildman–Crippen MR) is 74.4 cm³/mol. The zero-order valence-corrected chi connectivity index (χ0v) is 13.0. The second kappa shape index (κ2) is 5.45. The minimum absolute atomic E-state index is 0.251. The fourth-order valence-corrected chi connectivity index (χ4v) is 1.85. The molecule has 0 amide bonds. The number of ether oxygens (including phenoxy) is 4. The van der Waals surface area contributed by atoms with Crippen molar-refractivity contribution in [1.29, 1.82) is 0 Å². The van der Waals surface area contributed by atoms with E-state index in [4.69, 9.17) is 18.9 Å². The molecule has 0 aliphatic carbocycles. The standard InChI is InChI=1S/C15H16O8/c1-14(2)20-10(16)8(11(17)21-14)6-5-7-9-12(18)22-15(3,4)23-13(9)19/h5-7,16H,1-4H3/b6-5+. The summed E-state index contributed by atoms with van der Waals surface area (Å²) >= 11 is 0. The molecular formula is C15H16O8. The van der Waals surface area contributed by atoms with E-state index in [-0.39, 0.29) is 11.1 Å². The summed E-state index contributed by atoms with van der Waals surface area (Å²) in [5, 5.41) is 9.69. The van der Waals surface area contributed by atoms with Crippen LogP contribution in [0.3, 0.4) is 0 Å². The summed E-state index contributed by atoms with van der Waals surface area (Å²) in [5.41, 5.74) is -0.592. The van der Waals surface area contributed by atoms with Crippen LogP contribution in [0.5, 0.6) is 0 Å². The average molecular weight is 324 g/mol. The van der Waals surface area contributed by atoms with Gasteiger partial charge in [-0.3, -0.25) is 0 Å². The molecule has 23 heavy (non-hydrogen) atoms. The number of cyclic esters (lactones) is 3. The number of carbonyl (C=O) groups excluding carboxylic acids is 3. The van der Waals surface area contributed by atoms with Crippen LogP contribution < -0.4 is 0 Å². The molecule has 1 saturated heterocycles. The molecule has 0 radical (unpaired) electrons. The van der Waals surface area contributed by atoms with E-state index >= 15 is 0 Å². The van der Waals surface area contributed by atoms with Crippen LogP contribution >= 0.6 is 0 Å². The minimum Gasteiger partial charge on any atom is -0.480 e. The van der Waals surface area contributed by atoms with Crippen molar-refractivity contribution in [1.82, 2.24) is 0 Å². The third-order valence-electron chi connectivity index (χ3n) is 2.77. The normalized spacial score (nSPS) is 23.1. The van der Waals surface area contributed by atoms with Crippen LogP contribution in [0.4, 0.5) is 0 Å². The van der Waals surface area contributed by atoms with Gasteiger partial charge in [-0.2, -0.15) is 0 Å². The van der Waals surface area contributed by atoms with Crippen LogP contribution in [0.2, 0.25) is 0 Å². The Kier molecular flexibility index (Phi) is 3.94. The van der Waals surface area contributed by atoms with E-state index < -0.39 is 35.4 Å². The molecule has 0 bridgehead atoms. The number of carbonyl (C=O) groups is 3. The first-order valence-electron chi connectivity index (χ1n) is 6.71. The monoisotopic (exact) mass is 324 g/mol. The van der Waals surface area contributed by atoms with Gasteiger partial charge in [-0.1, -0.05) is 6.08 Å². The van der Waals surface area contributed by atoms with Gasteiger partial charge in [-0.05, 0) is 12.2 Å². The highest BCUT2D eigenvalue weighted by molar-refractivity contribution is 6.15. The molecule has 124 valence electrons. The lowest BCUT2D eigenvalue weighted by Crippen LogP contribution is -2.41. The van der Waals surface area contributed by atoms with Crippen LogP contribution in [0.25, 0.3) is 0 Å². The molecule has 0 spiro atoms. The molecule has 8 nitrogen and oxygen atoms in total. The smallest absolute Gasteiger partial charge is 0.348 e. The predicted octanol–water partition coefficient (Wildman–Crippen LogP) is 1.38. The Morgan fingerprint density at radius 3 is 1.83 bits per heavy atom. The first-order valence-corrected chi connectivity index (χ1v) is 6.71. The van der Waals surface area contributed by atoms with Gasteiger partial charge >= 0.3 is 17.9 Å². The van der Waals surface area contributed by atoms with Gasteiger partial charge in [-0.15, -0.1) is 0 Å². The Labute approximate surface area is 132 Å². The first-order chi connectivity index (χ1) is 10.5. The number of esters is 3. The van der Waals surface area contributed by atoms with Crippen molar-refractivity contribution in [3.63, 3.8) is 0 Å². The SMILES string of the molecule is CC1(C)OC(=O)C(=C/C=C/C2=C(O)OC(C)(C)OC2=O)C(=O)O1. The summed E-state index contributed by atoms with van der Waals surface area (Å²) in [6.07, 6.45) is 3.44. The van der Waals surface area contributed by atoms with Crippen LogP contribution in [0.15, 0.2) is 35.3 Å². The molecule has 2 heterocycles. The highest BCUT2D eigenvalue weighted by Gasteiger charge is 2.39. The van der Waals surface area contributed by atoms with E-state index in [2.05, 4.69) is 0 Å². The molecule has 0 atom stereocenters. The fraction of sp³-hybridized carbons (Fsp3) is 0.400. The van der Waals surface area contributed by atoms with Gasteiger partial charge in [-0.25, -0.2) is 14.4 Å². The summed E-state index contributed by atoms with van der Waals surface area (Å²) < 4.78 is 19.8. The molecule has 2 aliphatic rings. The number of hydrogen-bond acceptors (Lipinski definition) is 8. The molecule has 2 rings (SSSR count). The number of aliphatic hydroxyl groups excluding tert-OH is 1. The molecule has 8 heteroatoms. The molecule has 2 aliphatic heterocycles. The maximum atomic E-state index is 11.7. The maximum absolute atomic E-state index is 11.7. The largest absolute Gasteiger partial charge is 0.480 e. The Morgan fingerprint density at radius 1 is 0.826 bits per heavy atom. The summed E-state index contributed by atoms with van der Waals surface area (Å²) in [7, 11) is 0. The van der Waals surface area contributed by atoms with Crippen LogP contribution in [-0.2, 0) is 33.3 Å². The van der Waals surface area contributed by atoms with E-state index in [0.717, 1.165) is 12.2 Å². The van der Waals surface area contributed by atoms with Crippen molar-refractivity contribution >= 4 is 17.9 Å². The summed E-state index contributed by atoms with van der Waals surface area (Å²) in [6, 6.07) is 0. The van der Waals surface area contributed by atoms with E-state index in [0.29, 0.717) is 0 Å². The zero-order valence-electron chi connectivity index (χ0n) is 13.0. The lowest BCUT2D eigenvalue weighted by atomic mass is 10.1. The quantitative estimate of drug-likeness (QED) is 0.461. The molecule has 0 aromatic carbocycles. The molecule has 1 fully saturated rings. The highest BCUT2D eigenvalue weighted by Crippen LogP contribution is 2.26. The van der Waals surface area contributed by atoms with Crippen molar-refractivity contribution in [2.45, 2.75) is 39.3 Å². The Hall–Kier alpha value is -2.77. The van der Waals surface area contributed by atoms with Gasteiger partial charge in [0.2, 0.25) is 0 Å². The Bertz CT molecular complexity index is 641. The van der Waals surface area contributed by atoms with E-state index in [1.54, 1.807) is 0 Å². The second-order valence-electron chi connectivity index (χ2n) is 5.73. The van der Waals surface area contributed by atoms with Gasteiger partial charge in [0.1, 0.15) is 11.1 Å². The van der Waals surface area contributed by atoms with Gasteiger partial charge in [0.25, 0.3) is 17.5 Å². The topological polar surface area (TPSA) is 108 Å². The van der Waals surface area contributed by atoms with Crippen molar-refractivity contribution in [3.05, 3.63) is 35.3 Å². The number of allylic oxidation sites excluding steroid dienone is 2. The third-order valence-corrected chi connectivity index (χ3v) is 2.77. The van der Waals surface area contributed by atoms with Gasteiger partial charge < -0.3 is 24.1 Å². The van der Waals surface area contributed by atoms with Crippen molar-refractivity contribution in [2.75, 3.05) is 0 Å². The highest BCUT2D eigenvalue weighted by atomic mass is 16.8. The summed E-state index contributed by atoms with van der Waals surface area (Å²) in [5.74, 6) is -5.73. The first kappa shape index (κ1) is 16.6. The summed E-state index contributed by atoms with van der Waals surface area (Å²) in [4.78, 5) is 35.2. The van der Waals surface area contributed by atoms with E-state index in [1.165, 1.54) is 33.8 Å². The van der Waals surface area contributed by atoms with E-state index in [1.807, 2.05) is 0 Å². The molecule has 1 N–H and O–H groups in total. The molecule has 0 saturated carbocycles. The van der Waals surface area contributed by atoms with Crippen molar-refractivity contribution in [3.8, 4) is 0 Å². The van der Waals surface area contributed by atoms with Crippen LogP contribution in [0, 0.1) is 0 Å². The van der Waals surface area contributed by atoms with Gasteiger partial charge in [0, 0.05) is 27.7 Å². The lowest BCUT2D eigenvalue weighted by Gasteiger charge is -2.30. The molecule has 0 aromatic rings. The van der Waals surface area contributed by atoms with Crippen LogP contribution in [-0.4, -0.2) is 34.6 Å². The zero-order chi connectivity index (χ0) is 17.4. The Balaban J connectivity index is 2.20. The lowest BCUT2D eigenvalue weighted by molar-refractivity contribution is -0.223.